The Hall–Kier alpha value is -4.77. The topological polar surface area (TPSA) is 213 Å². The van der Waals surface area contributed by atoms with Gasteiger partial charge in [-0.15, -0.1) is 0 Å². The Labute approximate surface area is 269 Å². The standard InChI is InChI=1S/C30H40N6O11/c1-19-17-34(26(40)33-24(19)38)18-23(37)35(13-12-31-27(41)47-28(2,3)4)29(8-10-30(11-9-29)45-14-15-46-30)25(39)32-21-7-6-20(44-5)16-22(21)36(42)43/h6-7,16-17H,8-15,18H2,1-5H3,(H,31,41)(H,32,39)(H,33,38,40). The zero-order valence-electron chi connectivity index (χ0n) is 27.0. The molecule has 2 fully saturated rings. The Kier molecular flexibility index (Phi) is 10.4. The summed E-state index contributed by atoms with van der Waals surface area (Å²) in [4.78, 5) is 80.3. The highest BCUT2D eigenvalue weighted by Gasteiger charge is 2.54. The van der Waals surface area contributed by atoms with Gasteiger partial charge in [-0.1, -0.05) is 0 Å². The molecule has 17 heteroatoms. The Balaban J connectivity index is 1.74. The minimum atomic E-state index is -1.64. The average Bonchev–Trinajstić information content (AvgIpc) is 3.46. The molecule has 2 aliphatic rings. The van der Waals surface area contributed by atoms with Crippen molar-refractivity contribution in [3.05, 3.63) is 60.9 Å². The molecule has 0 bridgehead atoms. The number of hydrogen-bond donors (Lipinski definition) is 3. The molecule has 1 spiro atoms. The van der Waals surface area contributed by atoms with Crippen LogP contribution in [0.3, 0.4) is 0 Å². The molecule has 17 nitrogen and oxygen atoms in total. The Morgan fingerprint density at radius 3 is 2.38 bits per heavy atom. The van der Waals surface area contributed by atoms with E-state index < -0.39 is 63.2 Å². The number of carbonyl (C=O) groups excluding carboxylic acids is 3. The number of methoxy groups -OCH3 is 1. The molecule has 256 valence electrons. The molecule has 4 rings (SSSR count). The van der Waals surface area contributed by atoms with E-state index >= 15 is 0 Å². The molecule has 3 amide bonds. The number of aromatic amines is 1. The van der Waals surface area contributed by atoms with E-state index in [0.29, 0.717) is 13.2 Å². The van der Waals surface area contributed by atoms with Crippen LogP contribution >= 0.6 is 0 Å². The van der Waals surface area contributed by atoms with Crippen LogP contribution in [-0.2, 0) is 30.3 Å². The minimum Gasteiger partial charge on any atom is -0.496 e. The number of hydrogen-bond acceptors (Lipinski definition) is 11. The molecule has 0 unspecified atom stereocenters. The van der Waals surface area contributed by atoms with Crippen LogP contribution in [0.5, 0.6) is 5.75 Å². The van der Waals surface area contributed by atoms with Crippen LogP contribution in [0.1, 0.15) is 52.0 Å². The number of benzene rings is 1. The summed E-state index contributed by atoms with van der Waals surface area (Å²) in [6.45, 7) is 6.35. The number of nitro benzene ring substituents is 1. The van der Waals surface area contributed by atoms with Gasteiger partial charge in [0.2, 0.25) is 5.91 Å². The smallest absolute Gasteiger partial charge is 0.407 e. The number of anilines is 1. The zero-order valence-corrected chi connectivity index (χ0v) is 27.0. The SMILES string of the molecule is COc1ccc(NC(=O)C2(N(CCNC(=O)OC(C)(C)C)C(=O)Cn3cc(C)c(=O)[nH]c3=O)CCC3(CC2)OCCO3)c([N+](=O)[O-])c1. The Morgan fingerprint density at radius 2 is 1.79 bits per heavy atom. The summed E-state index contributed by atoms with van der Waals surface area (Å²) in [5, 5.41) is 17.2. The van der Waals surface area contributed by atoms with Crippen molar-refractivity contribution >= 4 is 29.3 Å². The quantitative estimate of drug-likeness (QED) is 0.247. The van der Waals surface area contributed by atoms with Gasteiger partial charge in [0.25, 0.3) is 17.2 Å². The largest absolute Gasteiger partial charge is 0.496 e. The van der Waals surface area contributed by atoms with Crippen molar-refractivity contribution < 1.29 is 38.3 Å². The van der Waals surface area contributed by atoms with Gasteiger partial charge >= 0.3 is 11.8 Å². The van der Waals surface area contributed by atoms with Crippen molar-refractivity contribution in [3.8, 4) is 5.75 Å². The van der Waals surface area contributed by atoms with Gasteiger partial charge in [0.05, 0.1) is 31.3 Å². The molecule has 0 radical (unpaired) electrons. The number of rotatable bonds is 10. The molecule has 0 atom stereocenters. The monoisotopic (exact) mass is 660 g/mol. The highest BCUT2D eigenvalue weighted by molar-refractivity contribution is 6.02. The molecular weight excluding hydrogens is 620 g/mol. The lowest BCUT2D eigenvalue weighted by Gasteiger charge is -2.48. The highest BCUT2D eigenvalue weighted by atomic mass is 16.7. The van der Waals surface area contributed by atoms with E-state index in [9.17, 15) is 34.1 Å². The number of amides is 3. The predicted molar refractivity (Wildman–Crippen MR) is 166 cm³/mol. The van der Waals surface area contributed by atoms with Crippen LogP contribution in [-0.4, -0.2) is 87.6 Å². The second kappa shape index (κ2) is 13.9. The molecule has 1 aliphatic heterocycles. The maximum Gasteiger partial charge on any atom is 0.407 e. The summed E-state index contributed by atoms with van der Waals surface area (Å²) in [7, 11) is 1.35. The first-order valence-corrected chi connectivity index (χ1v) is 15.1. The summed E-state index contributed by atoms with van der Waals surface area (Å²) in [5.41, 5.74) is -4.24. The van der Waals surface area contributed by atoms with Gasteiger partial charge in [0.1, 0.15) is 29.1 Å². The summed E-state index contributed by atoms with van der Waals surface area (Å²) in [6.07, 6.45) is 0.916. The Morgan fingerprint density at radius 1 is 1.13 bits per heavy atom. The van der Waals surface area contributed by atoms with Crippen LogP contribution in [0.4, 0.5) is 16.2 Å². The maximum atomic E-state index is 14.4. The van der Waals surface area contributed by atoms with Gasteiger partial charge in [-0.25, -0.2) is 9.59 Å². The normalized spacial score (nSPS) is 16.7. The maximum absolute atomic E-state index is 14.4. The number of alkyl carbamates (subject to hydrolysis) is 1. The number of nitrogens with zero attached hydrogens (tertiary/aromatic N) is 3. The van der Waals surface area contributed by atoms with Crippen molar-refractivity contribution in [1.29, 1.82) is 0 Å². The Bertz CT molecular complexity index is 1630. The summed E-state index contributed by atoms with van der Waals surface area (Å²) >= 11 is 0. The third kappa shape index (κ3) is 8.15. The number of ether oxygens (including phenoxy) is 4. The van der Waals surface area contributed by atoms with Crippen molar-refractivity contribution in [2.24, 2.45) is 0 Å². The average molecular weight is 661 g/mol. The first-order chi connectivity index (χ1) is 22.1. The van der Waals surface area contributed by atoms with Crippen molar-refractivity contribution in [2.75, 3.05) is 38.7 Å². The fraction of sp³-hybridized carbons (Fsp3) is 0.567. The molecule has 1 saturated carbocycles. The lowest BCUT2D eigenvalue weighted by Crippen LogP contribution is -2.64. The highest BCUT2D eigenvalue weighted by Crippen LogP contribution is 2.44. The van der Waals surface area contributed by atoms with Crippen molar-refractivity contribution in [1.82, 2.24) is 19.8 Å². The van der Waals surface area contributed by atoms with Gasteiger partial charge in [-0.2, -0.15) is 0 Å². The fourth-order valence-corrected chi connectivity index (χ4v) is 5.71. The number of nitro groups is 1. The third-order valence-corrected chi connectivity index (χ3v) is 8.04. The molecule has 3 N–H and O–H groups in total. The van der Waals surface area contributed by atoms with E-state index in [-0.39, 0.29) is 55.8 Å². The van der Waals surface area contributed by atoms with E-state index in [1.807, 2.05) is 0 Å². The molecular formula is C30H40N6O11. The first kappa shape index (κ1) is 35.1. The lowest BCUT2D eigenvalue weighted by molar-refractivity contribution is -0.384. The van der Waals surface area contributed by atoms with Gasteiger partial charge < -0.3 is 34.5 Å². The number of H-pyrrole nitrogens is 1. The van der Waals surface area contributed by atoms with E-state index in [0.717, 1.165) is 10.6 Å². The fourth-order valence-electron chi connectivity index (χ4n) is 5.71. The number of nitrogens with one attached hydrogen (secondary N) is 3. The van der Waals surface area contributed by atoms with Crippen LogP contribution in [0.25, 0.3) is 0 Å². The summed E-state index contributed by atoms with van der Waals surface area (Å²) in [5.74, 6) is -2.18. The molecule has 1 saturated heterocycles. The lowest BCUT2D eigenvalue weighted by atomic mass is 9.76. The minimum absolute atomic E-state index is 0.0144. The summed E-state index contributed by atoms with van der Waals surface area (Å²) < 4.78 is 23.2. The molecule has 47 heavy (non-hydrogen) atoms. The molecule has 2 aromatic rings. The van der Waals surface area contributed by atoms with Crippen LogP contribution < -0.4 is 26.6 Å². The third-order valence-electron chi connectivity index (χ3n) is 8.04. The molecule has 2 heterocycles. The molecule has 1 aromatic heterocycles. The second-order valence-electron chi connectivity index (χ2n) is 12.4. The molecule has 1 aliphatic carbocycles. The van der Waals surface area contributed by atoms with Crippen LogP contribution in [0, 0.1) is 17.0 Å². The first-order valence-electron chi connectivity index (χ1n) is 15.1. The van der Waals surface area contributed by atoms with Crippen LogP contribution in [0.2, 0.25) is 0 Å². The van der Waals surface area contributed by atoms with Gasteiger partial charge in [-0.05, 0) is 52.7 Å². The van der Waals surface area contributed by atoms with Gasteiger partial charge in [-0.3, -0.25) is 34.0 Å². The van der Waals surface area contributed by atoms with Crippen molar-refractivity contribution in [2.45, 2.75) is 76.9 Å². The number of carbonyl (C=O) groups is 3. The van der Waals surface area contributed by atoms with Crippen LogP contribution in [0.15, 0.2) is 34.0 Å². The van der Waals surface area contributed by atoms with E-state index in [1.54, 1.807) is 20.8 Å². The second-order valence-corrected chi connectivity index (χ2v) is 12.4. The van der Waals surface area contributed by atoms with E-state index in [1.165, 1.54) is 37.3 Å². The van der Waals surface area contributed by atoms with E-state index in [2.05, 4.69) is 15.6 Å². The number of aromatic nitrogens is 2. The van der Waals surface area contributed by atoms with Gasteiger partial charge in [0, 0.05) is 37.7 Å². The van der Waals surface area contributed by atoms with Crippen molar-refractivity contribution in [3.63, 3.8) is 0 Å². The van der Waals surface area contributed by atoms with Gasteiger partial charge in [0.15, 0.2) is 5.79 Å². The predicted octanol–water partition coefficient (Wildman–Crippen LogP) is 1.81. The summed E-state index contributed by atoms with van der Waals surface area (Å²) in [6, 6.07) is 3.94. The molecule has 1 aromatic carbocycles. The number of aryl methyl sites for hydroxylation is 1. The zero-order chi connectivity index (χ0) is 34.6. The van der Waals surface area contributed by atoms with E-state index in [4.69, 9.17) is 18.9 Å².